The fourth-order valence-corrected chi connectivity index (χ4v) is 3.95. The lowest BCUT2D eigenvalue weighted by Gasteiger charge is -2.26. The summed E-state index contributed by atoms with van der Waals surface area (Å²) in [7, 11) is 0. The largest absolute Gasteiger partial charge is 0.480 e. The summed E-state index contributed by atoms with van der Waals surface area (Å²) in [4.78, 5) is 36.0. The Morgan fingerprint density at radius 1 is 1.09 bits per heavy atom. The summed E-state index contributed by atoms with van der Waals surface area (Å²) in [6.45, 7) is 0.812. The van der Waals surface area contributed by atoms with Crippen molar-refractivity contribution in [3.8, 4) is 11.1 Å². The number of hydrogen-bond acceptors (Lipinski definition) is 4. The lowest BCUT2D eigenvalue weighted by molar-refractivity contribution is -0.188. The Morgan fingerprint density at radius 2 is 1.65 bits per heavy atom. The number of carboxylic acid groups (broad SMARTS) is 1. The Balaban J connectivity index is 1.65. The molecule has 34 heavy (non-hydrogen) atoms. The van der Waals surface area contributed by atoms with Crippen LogP contribution in [0.5, 0.6) is 0 Å². The van der Waals surface area contributed by atoms with Crippen molar-refractivity contribution < 1.29 is 37.4 Å². The van der Waals surface area contributed by atoms with Gasteiger partial charge in [-0.05, 0) is 22.3 Å². The zero-order valence-electron chi connectivity index (χ0n) is 18.0. The van der Waals surface area contributed by atoms with Crippen LogP contribution >= 0.6 is 0 Å². The number of benzene rings is 2. The van der Waals surface area contributed by atoms with E-state index in [0.717, 1.165) is 28.3 Å². The van der Waals surface area contributed by atoms with Gasteiger partial charge >= 0.3 is 18.2 Å². The second kappa shape index (κ2) is 10.4. The van der Waals surface area contributed by atoms with Crippen molar-refractivity contribution in [2.45, 2.75) is 12.1 Å². The molecule has 0 spiro atoms. The van der Waals surface area contributed by atoms with Crippen LogP contribution < -0.4 is 5.32 Å². The highest BCUT2D eigenvalue weighted by molar-refractivity contribution is 5.84. The average Bonchev–Trinajstić information content (AvgIpc) is 3.10. The highest BCUT2D eigenvalue weighted by Crippen LogP contribution is 2.44. The van der Waals surface area contributed by atoms with E-state index < -0.39 is 43.2 Å². The van der Waals surface area contributed by atoms with Crippen LogP contribution in [0.3, 0.4) is 0 Å². The van der Waals surface area contributed by atoms with Crippen molar-refractivity contribution in [2.24, 2.45) is 5.92 Å². The van der Waals surface area contributed by atoms with Gasteiger partial charge in [0.05, 0.1) is 0 Å². The molecule has 0 saturated heterocycles. The van der Waals surface area contributed by atoms with E-state index in [0.29, 0.717) is 4.90 Å². The third kappa shape index (κ3) is 5.56. The first-order valence-corrected chi connectivity index (χ1v) is 10.4. The third-order valence-electron chi connectivity index (χ3n) is 5.47. The average molecular weight is 476 g/mol. The van der Waals surface area contributed by atoms with E-state index in [4.69, 9.17) is 9.84 Å². The van der Waals surface area contributed by atoms with Crippen LogP contribution in [-0.4, -0.2) is 60.4 Å². The number of halogens is 3. The molecule has 1 aliphatic rings. The maximum absolute atomic E-state index is 13.5. The van der Waals surface area contributed by atoms with Gasteiger partial charge in [-0.15, -0.1) is 6.58 Å². The number of nitrogens with one attached hydrogen (secondary N) is 1. The molecule has 0 aliphatic heterocycles. The summed E-state index contributed by atoms with van der Waals surface area (Å²) in [5.74, 6) is -5.86. The number of carboxylic acids is 1. The summed E-state index contributed by atoms with van der Waals surface area (Å²) in [5.41, 5.74) is 3.87. The minimum absolute atomic E-state index is 0.105. The van der Waals surface area contributed by atoms with E-state index in [-0.39, 0.29) is 19.1 Å². The fraction of sp³-hybridized carbons (Fsp3) is 0.292. The molecule has 1 unspecified atom stereocenters. The Labute approximate surface area is 193 Å². The summed E-state index contributed by atoms with van der Waals surface area (Å²) in [5, 5.41) is 10.9. The van der Waals surface area contributed by atoms with Crippen molar-refractivity contribution in [3.63, 3.8) is 0 Å². The first-order valence-electron chi connectivity index (χ1n) is 10.4. The molecular weight excluding hydrogens is 453 g/mol. The monoisotopic (exact) mass is 476 g/mol. The van der Waals surface area contributed by atoms with E-state index in [1.165, 1.54) is 0 Å². The minimum Gasteiger partial charge on any atom is -0.480 e. The SMILES string of the molecule is C=CCN(CC(=O)O)C(=O)C(CNC(=O)OCC1c2ccccc2-c2ccccc21)C(F)(F)F. The van der Waals surface area contributed by atoms with Crippen LogP contribution in [0.4, 0.5) is 18.0 Å². The van der Waals surface area contributed by atoms with Crippen molar-refractivity contribution in [3.05, 3.63) is 72.3 Å². The van der Waals surface area contributed by atoms with E-state index in [1.54, 1.807) is 0 Å². The van der Waals surface area contributed by atoms with Crippen LogP contribution in [0.15, 0.2) is 61.2 Å². The molecule has 2 aromatic carbocycles. The van der Waals surface area contributed by atoms with Gasteiger partial charge in [0, 0.05) is 19.0 Å². The molecule has 7 nitrogen and oxygen atoms in total. The smallest absolute Gasteiger partial charge is 0.407 e. The van der Waals surface area contributed by atoms with Crippen LogP contribution in [0.2, 0.25) is 0 Å². The number of aliphatic carboxylic acids is 1. The molecule has 1 atom stereocenters. The summed E-state index contributed by atoms with van der Waals surface area (Å²) < 4.78 is 45.7. The van der Waals surface area contributed by atoms with Crippen molar-refractivity contribution >= 4 is 18.0 Å². The minimum atomic E-state index is -5.01. The lowest BCUT2D eigenvalue weighted by Crippen LogP contribution is -2.49. The maximum Gasteiger partial charge on any atom is 0.407 e. The molecule has 0 fully saturated rings. The molecule has 2 N–H and O–H groups in total. The van der Waals surface area contributed by atoms with E-state index in [2.05, 4.69) is 6.58 Å². The number of alkyl halides is 3. The number of carbonyl (C=O) groups is 3. The molecule has 0 saturated carbocycles. The number of rotatable bonds is 9. The molecule has 10 heteroatoms. The molecule has 0 aromatic heterocycles. The van der Waals surface area contributed by atoms with E-state index >= 15 is 0 Å². The Bertz CT molecular complexity index is 1040. The molecule has 0 heterocycles. The highest BCUT2D eigenvalue weighted by Gasteiger charge is 2.47. The molecule has 1 aliphatic carbocycles. The van der Waals surface area contributed by atoms with Crippen molar-refractivity contribution in [2.75, 3.05) is 26.2 Å². The lowest BCUT2D eigenvalue weighted by atomic mass is 9.98. The van der Waals surface area contributed by atoms with Gasteiger partial charge in [0.2, 0.25) is 5.91 Å². The summed E-state index contributed by atoms with van der Waals surface area (Å²) >= 11 is 0. The van der Waals surface area contributed by atoms with Gasteiger partial charge in [-0.1, -0.05) is 54.6 Å². The maximum atomic E-state index is 13.5. The number of ether oxygens (including phenoxy) is 1. The quantitative estimate of drug-likeness (QED) is 0.537. The standard InChI is InChI=1S/C24H23F3N2O5/c1-2-11-29(13-21(30)31)22(32)20(24(25,26)27)12-28-23(33)34-14-19-17-9-5-3-7-15(17)16-8-4-6-10-18(16)19/h2-10,19-20H,1,11-14H2,(H,28,33)(H,30,31). The van der Waals surface area contributed by atoms with Gasteiger partial charge < -0.3 is 20.1 Å². The predicted octanol–water partition coefficient (Wildman–Crippen LogP) is 3.80. The Kier molecular flexibility index (Phi) is 7.60. The van der Waals surface area contributed by atoms with Gasteiger partial charge in [-0.2, -0.15) is 13.2 Å². The van der Waals surface area contributed by atoms with Gasteiger partial charge in [0.15, 0.2) is 5.92 Å². The van der Waals surface area contributed by atoms with Gasteiger partial charge in [-0.25, -0.2) is 4.79 Å². The number of carbonyl (C=O) groups excluding carboxylic acids is 2. The number of hydrogen-bond donors (Lipinski definition) is 2. The molecule has 180 valence electrons. The summed E-state index contributed by atoms with van der Waals surface area (Å²) in [6, 6.07) is 15.2. The zero-order chi connectivity index (χ0) is 24.9. The number of nitrogens with zero attached hydrogens (tertiary/aromatic N) is 1. The molecule has 3 rings (SSSR count). The third-order valence-corrected chi connectivity index (χ3v) is 5.47. The predicted molar refractivity (Wildman–Crippen MR) is 117 cm³/mol. The normalized spacial score (nSPS) is 13.4. The highest BCUT2D eigenvalue weighted by atomic mass is 19.4. The van der Waals surface area contributed by atoms with Crippen LogP contribution in [-0.2, 0) is 14.3 Å². The first kappa shape index (κ1) is 24.8. The van der Waals surface area contributed by atoms with Crippen LogP contribution in [0, 0.1) is 5.92 Å². The van der Waals surface area contributed by atoms with Crippen molar-refractivity contribution in [1.82, 2.24) is 10.2 Å². The van der Waals surface area contributed by atoms with E-state index in [9.17, 15) is 27.6 Å². The number of amides is 2. The van der Waals surface area contributed by atoms with Crippen LogP contribution in [0.1, 0.15) is 17.0 Å². The van der Waals surface area contributed by atoms with Gasteiger partial charge in [-0.3, -0.25) is 9.59 Å². The van der Waals surface area contributed by atoms with Gasteiger partial charge in [0.1, 0.15) is 13.2 Å². The summed E-state index contributed by atoms with van der Waals surface area (Å²) in [6.07, 6.45) is -5.00. The second-order valence-electron chi connectivity index (χ2n) is 7.70. The fourth-order valence-electron chi connectivity index (χ4n) is 3.95. The first-order chi connectivity index (χ1) is 16.1. The molecule has 2 aromatic rings. The number of alkyl carbamates (subject to hydrolysis) is 1. The second-order valence-corrected chi connectivity index (χ2v) is 7.70. The molecule has 0 radical (unpaired) electrons. The van der Waals surface area contributed by atoms with Crippen LogP contribution in [0.25, 0.3) is 11.1 Å². The van der Waals surface area contributed by atoms with Gasteiger partial charge in [0.25, 0.3) is 0 Å². The Hall–Kier alpha value is -3.82. The van der Waals surface area contributed by atoms with Crippen molar-refractivity contribution in [1.29, 1.82) is 0 Å². The molecular formula is C24H23F3N2O5. The number of fused-ring (bicyclic) bond motifs is 3. The molecule has 2 amide bonds. The Morgan fingerprint density at radius 3 is 2.15 bits per heavy atom. The topological polar surface area (TPSA) is 95.9 Å². The van der Waals surface area contributed by atoms with E-state index in [1.807, 2.05) is 53.8 Å². The zero-order valence-corrected chi connectivity index (χ0v) is 18.0. The molecule has 0 bridgehead atoms.